The van der Waals surface area contributed by atoms with Crippen LogP contribution in [0.3, 0.4) is 0 Å². The number of imidazole rings is 1. The van der Waals surface area contributed by atoms with Crippen molar-refractivity contribution in [3.63, 3.8) is 0 Å². The largest absolute Gasteiger partial charge is 0.492 e. The highest BCUT2D eigenvalue weighted by Crippen LogP contribution is 2.35. The molecule has 5 rings (SSSR count). The Morgan fingerprint density at radius 2 is 1.67 bits per heavy atom. The molecule has 3 aromatic carbocycles. The van der Waals surface area contributed by atoms with Crippen LogP contribution < -0.4 is 20.7 Å². The van der Waals surface area contributed by atoms with Crippen LogP contribution in [-0.2, 0) is 17.8 Å². The van der Waals surface area contributed by atoms with Crippen molar-refractivity contribution in [2.24, 2.45) is 0 Å². The van der Waals surface area contributed by atoms with Gasteiger partial charge in [-0.2, -0.15) is 0 Å². The first-order valence-corrected chi connectivity index (χ1v) is 15.6. The lowest BCUT2D eigenvalue weighted by Crippen LogP contribution is -2.33. The molecule has 236 valence electrons. The van der Waals surface area contributed by atoms with Crippen LogP contribution >= 0.6 is 0 Å². The summed E-state index contributed by atoms with van der Waals surface area (Å²) in [5.41, 5.74) is 5.70. The number of ether oxygens (including phenoxy) is 2. The molecule has 1 aromatic heterocycles. The molecule has 1 aliphatic heterocycles. The zero-order chi connectivity index (χ0) is 31.6. The third kappa shape index (κ3) is 8.95. The zero-order valence-corrected chi connectivity index (χ0v) is 26.3. The monoisotopic (exact) mass is 609 g/mol. The minimum Gasteiger partial charge on any atom is -0.492 e. The fraction of sp³-hybridized carbons (Fsp3) is 0.361. The van der Waals surface area contributed by atoms with Crippen LogP contribution in [-0.4, -0.2) is 46.8 Å². The van der Waals surface area contributed by atoms with Crippen molar-refractivity contribution >= 4 is 12.0 Å². The highest BCUT2D eigenvalue weighted by molar-refractivity contribution is 5.97. The van der Waals surface area contributed by atoms with Crippen LogP contribution in [0, 0.1) is 0 Å². The molecular weight excluding hydrogens is 566 g/mol. The molecule has 1 unspecified atom stereocenters. The van der Waals surface area contributed by atoms with Crippen LogP contribution in [0.2, 0.25) is 0 Å². The number of amides is 2. The van der Waals surface area contributed by atoms with Gasteiger partial charge in [0, 0.05) is 50.4 Å². The summed E-state index contributed by atoms with van der Waals surface area (Å²) in [5, 5.41) is 9.41. The Morgan fingerprint density at radius 3 is 2.42 bits per heavy atom. The van der Waals surface area contributed by atoms with Crippen molar-refractivity contribution < 1.29 is 19.1 Å². The molecule has 0 aliphatic carbocycles. The third-order valence-electron chi connectivity index (χ3n) is 7.62. The molecule has 0 bridgehead atoms. The Labute approximate surface area is 265 Å². The topological polar surface area (TPSA) is 107 Å². The van der Waals surface area contributed by atoms with E-state index in [0.717, 1.165) is 37.1 Å². The summed E-state index contributed by atoms with van der Waals surface area (Å²) in [7, 11) is 0. The molecule has 9 heteroatoms. The van der Waals surface area contributed by atoms with Gasteiger partial charge in [-0.1, -0.05) is 66.7 Å². The van der Waals surface area contributed by atoms with Crippen molar-refractivity contribution in [3.05, 3.63) is 108 Å². The lowest BCUT2D eigenvalue weighted by molar-refractivity contribution is 0.0526. The molecule has 45 heavy (non-hydrogen) atoms. The molecule has 2 amide bonds. The molecule has 3 N–H and O–H groups in total. The van der Waals surface area contributed by atoms with Crippen LogP contribution in [0.5, 0.6) is 5.75 Å². The maximum Gasteiger partial charge on any atom is 0.407 e. The SMILES string of the molecule is CC(C)(C)OC(=O)NCCCCNC(=O)c1cccc2c1OCCC2NCc1cncn1Cc1ccc(-c2ccccc2)cc1. The van der Waals surface area contributed by atoms with E-state index in [-0.39, 0.29) is 11.9 Å². The number of aromatic nitrogens is 2. The van der Waals surface area contributed by atoms with E-state index in [0.29, 0.717) is 37.6 Å². The second-order valence-corrected chi connectivity index (χ2v) is 12.3. The predicted octanol–water partition coefficient (Wildman–Crippen LogP) is 6.25. The first kappa shape index (κ1) is 31.8. The molecule has 1 aliphatic rings. The summed E-state index contributed by atoms with van der Waals surface area (Å²) < 4.78 is 13.4. The predicted molar refractivity (Wildman–Crippen MR) is 175 cm³/mol. The van der Waals surface area contributed by atoms with Gasteiger partial charge in [-0.15, -0.1) is 0 Å². The number of hydrogen-bond acceptors (Lipinski definition) is 6. The fourth-order valence-electron chi connectivity index (χ4n) is 5.36. The number of fused-ring (bicyclic) bond motifs is 1. The van der Waals surface area contributed by atoms with E-state index in [2.05, 4.69) is 74.0 Å². The van der Waals surface area contributed by atoms with Gasteiger partial charge >= 0.3 is 6.09 Å². The van der Waals surface area contributed by atoms with Gasteiger partial charge in [0.2, 0.25) is 0 Å². The van der Waals surface area contributed by atoms with Gasteiger partial charge in [0.25, 0.3) is 5.91 Å². The minimum atomic E-state index is -0.525. The maximum atomic E-state index is 13.1. The number of unbranched alkanes of at least 4 members (excludes halogenated alkanes) is 1. The van der Waals surface area contributed by atoms with E-state index < -0.39 is 11.7 Å². The van der Waals surface area contributed by atoms with Crippen molar-refractivity contribution in [2.75, 3.05) is 19.7 Å². The Bertz CT molecular complexity index is 1560. The number of carbonyl (C=O) groups is 2. The normalized spacial score (nSPS) is 14.2. The molecule has 2 heterocycles. The van der Waals surface area contributed by atoms with Crippen molar-refractivity contribution in [3.8, 4) is 16.9 Å². The molecule has 9 nitrogen and oxygen atoms in total. The standard InChI is InChI=1S/C36H43N5O4/c1-36(2,3)45-35(43)39-20-8-7-19-38-34(42)31-13-9-12-30-32(18-21-44-33(30)31)40-23-29-22-37-25-41(29)24-26-14-16-28(17-15-26)27-10-5-4-6-11-27/h4-6,9-17,22,25,32,40H,7-8,18-21,23-24H2,1-3H3,(H,38,42)(H,39,43). The Morgan fingerprint density at radius 1 is 0.933 bits per heavy atom. The molecule has 0 fully saturated rings. The Balaban J connectivity index is 1.12. The van der Waals surface area contributed by atoms with E-state index in [1.807, 2.05) is 51.5 Å². The van der Waals surface area contributed by atoms with Gasteiger partial charge in [-0.3, -0.25) is 4.79 Å². The van der Waals surface area contributed by atoms with E-state index in [1.165, 1.54) is 16.7 Å². The van der Waals surface area contributed by atoms with Crippen molar-refractivity contribution in [2.45, 2.75) is 64.8 Å². The number of carbonyl (C=O) groups excluding carboxylic acids is 2. The van der Waals surface area contributed by atoms with Crippen LogP contribution in [0.1, 0.15) is 73.3 Å². The quantitative estimate of drug-likeness (QED) is 0.164. The van der Waals surface area contributed by atoms with Crippen molar-refractivity contribution in [1.29, 1.82) is 0 Å². The number of nitrogens with zero attached hydrogens (tertiary/aromatic N) is 2. The number of alkyl carbamates (subject to hydrolysis) is 1. The van der Waals surface area contributed by atoms with E-state index in [4.69, 9.17) is 9.47 Å². The second-order valence-electron chi connectivity index (χ2n) is 12.3. The number of hydrogen-bond donors (Lipinski definition) is 3. The maximum absolute atomic E-state index is 13.1. The second kappa shape index (κ2) is 14.9. The minimum absolute atomic E-state index is 0.0499. The van der Waals surface area contributed by atoms with Crippen molar-refractivity contribution in [1.82, 2.24) is 25.5 Å². The lowest BCUT2D eigenvalue weighted by atomic mass is 9.97. The third-order valence-corrected chi connectivity index (χ3v) is 7.62. The number of benzene rings is 3. The molecule has 0 spiro atoms. The summed E-state index contributed by atoms with van der Waals surface area (Å²) in [6.07, 6.45) is 5.60. The molecule has 0 saturated heterocycles. The highest BCUT2D eigenvalue weighted by atomic mass is 16.6. The summed E-state index contributed by atoms with van der Waals surface area (Å²) in [6, 6.07) is 24.8. The first-order chi connectivity index (χ1) is 21.8. The number of rotatable bonds is 12. The zero-order valence-electron chi connectivity index (χ0n) is 26.3. The van der Waals surface area contributed by atoms with Gasteiger partial charge in [0.1, 0.15) is 11.4 Å². The molecular formula is C36H43N5O4. The summed E-state index contributed by atoms with van der Waals surface area (Å²) in [5.74, 6) is 0.473. The molecule has 0 saturated carbocycles. The summed E-state index contributed by atoms with van der Waals surface area (Å²) in [6.45, 7) is 8.37. The Kier molecular flexibility index (Phi) is 10.5. The molecule has 0 radical (unpaired) electrons. The highest BCUT2D eigenvalue weighted by Gasteiger charge is 2.26. The smallest absolute Gasteiger partial charge is 0.407 e. The van der Waals surface area contributed by atoms with E-state index in [1.54, 1.807) is 6.07 Å². The van der Waals surface area contributed by atoms with E-state index >= 15 is 0 Å². The number of nitrogens with one attached hydrogen (secondary N) is 3. The van der Waals surface area contributed by atoms with Gasteiger partial charge in [0.15, 0.2) is 0 Å². The van der Waals surface area contributed by atoms with Gasteiger partial charge in [-0.05, 0) is 56.4 Å². The van der Waals surface area contributed by atoms with Crippen LogP contribution in [0.15, 0.2) is 85.3 Å². The lowest BCUT2D eigenvalue weighted by Gasteiger charge is -2.28. The van der Waals surface area contributed by atoms with Gasteiger partial charge < -0.3 is 30.0 Å². The first-order valence-electron chi connectivity index (χ1n) is 15.6. The number of para-hydroxylation sites is 1. The Hall–Kier alpha value is -4.63. The van der Waals surface area contributed by atoms with Gasteiger partial charge in [0.05, 0.1) is 24.2 Å². The van der Waals surface area contributed by atoms with Gasteiger partial charge in [-0.25, -0.2) is 9.78 Å². The summed E-state index contributed by atoms with van der Waals surface area (Å²) in [4.78, 5) is 29.3. The molecule has 4 aromatic rings. The van der Waals surface area contributed by atoms with Crippen LogP contribution in [0.4, 0.5) is 4.79 Å². The molecule has 1 atom stereocenters. The fourth-order valence-corrected chi connectivity index (χ4v) is 5.36. The van der Waals surface area contributed by atoms with Crippen LogP contribution in [0.25, 0.3) is 11.1 Å². The summed E-state index contributed by atoms with van der Waals surface area (Å²) >= 11 is 0. The van der Waals surface area contributed by atoms with E-state index in [9.17, 15) is 9.59 Å². The average molecular weight is 610 g/mol. The average Bonchev–Trinajstić information content (AvgIpc) is 3.47.